The van der Waals surface area contributed by atoms with Crippen LogP contribution in [-0.2, 0) is 14.4 Å². The highest BCUT2D eigenvalue weighted by molar-refractivity contribution is 5.82. The number of unbranched alkanes of at least 4 members (excludes halogenated alkanes) is 1. The highest BCUT2D eigenvalue weighted by atomic mass is 16.4. The zero-order chi connectivity index (χ0) is 13.8. The lowest BCUT2D eigenvalue weighted by atomic mass is 10.1. The SMILES string of the molecule is CNC(CCCCNC=O)C(=O)NCCC(=O)O. The van der Waals surface area contributed by atoms with Crippen LogP contribution in [0.4, 0.5) is 0 Å². The number of carboxylic acid groups (broad SMARTS) is 1. The lowest BCUT2D eigenvalue weighted by molar-refractivity contribution is -0.137. The second-order valence-corrected chi connectivity index (χ2v) is 3.84. The van der Waals surface area contributed by atoms with E-state index in [4.69, 9.17) is 5.11 Å². The molecule has 7 nitrogen and oxygen atoms in total. The maximum absolute atomic E-state index is 11.6. The Kier molecular flexibility index (Phi) is 9.57. The van der Waals surface area contributed by atoms with Crippen LogP contribution in [0.25, 0.3) is 0 Å². The first-order chi connectivity index (χ1) is 8.61. The monoisotopic (exact) mass is 259 g/mol. The second kappa shape index (κ2) is 10.5. The standard InChI is InChI=1S/C11H21N3O4/c1-12-9(4-2-3-6-13-8-15)11(18)14-7-5-10(16)17/h8-9,12H,2-7H2,1H3,(H,13,15)(H,14,18)(H,16,17). The second-order valence-electron chi connectivity index (χ2n) is 3.84. The fourth-order valence-electron chi connectivity index (χ4n) is 1.46. The van der Waals surface area contributed by atoms with E-state index in [0.29, 0.717) is 19.4 Å². The Bertz CT molecular complexity index is 271. The summed E-state index contributed by atoms with van der Waals surface area (Å²) in [6.07, 6.45) is 2.83. The summed E-state index contributed by atoms with van der Waals surface area (Å²) in [5.41, 5.74) is 0. The summed E-state index contributed by atoms with van der Waals surface area (Å²) in [6.45, 7) is 0.736. The van der Waals surface area contributed by atoms with E-state index in [2.05, 4.69) is 16.0 Å². The first-order valence-electron chi connectivity index (χ1n) is 5.95. The van der Waals surface area contributed by atoms with E-state index in [0.717, 1.165) is 12.8 Å². The molecule has 1 unspecified atom stereocenters. The summed E-state index contributed by atoms with van der Waals surface area (Å²) in [7, 11) is 1.69. The smallest absolute Gasteiger partial charge is 0.305 e. The average Bonchev–Trinajstić information content (AvgIpc) is 2.33. The number of carboxylic acids is 1. The van der Waals surface area contributed by atoms with E-state index in [1.165, 1.54) is 0 Å². The molecule has 0 fully saturated rings. The molecule has 1 atom stereocenters. The minimum Gasteiger partial charge on any atom is -0.481 e. The van der Waals surface area contributed by atoms with Crippen LogP contribution in [0.15, 0.2) is 0 Å². The van der Waals surface area contributed by atoms with E-state index in [1.54, 1.807) is 7.05 Å². The van der Waals surface area contributed by atoms with E-state index in [-0.39, 0.29) is 24.9 Å². The van der Waals surface area contributed by atoms with Crippen LogP contribution >= 0.6 is 0 Å². The van der Waals surface area contributed by atoms with Crippen molar-refractivity contribution in [3.63, 3.8) is 0 Å². The predicted molar refractivity (Wildman–Crippen MR) is 66.0 cm³/mol. The van der Waals surface area contributed by atoms with Crippen molar-refractivity contribution in [2.75, 3.05) is 20.1 Å². The normalized spacial score (nSPS) is 11.6. The van der Waals surface area contributed by atoms with E-state index >= 15 is 0 Å². The lowest BCUT2D eigenvalue weighted by Gasteiger charge is -2.15. The van der Waals surface area contributed by atoms with Gasteiger partial charge in [-0.15, -0.1) is 0 Å². The van der Waals surface area contributed by atoms with Gasteiger partial charge in [-0.1, -0.05) is 0 Å². The third-order valence-electron chi connectivity index (χ3n) is 2.45. The first-order valence-corrected chi connectivity index (χ1v) is 5.95. The van der Waals surface area contributed by atoms with Gasteiger partial charge in [0.25, 0.3) is 0 Å². The molecule has 0 bridgehead atoms. The molecule has 104 valence electrons. The molecule has 0 aliphatic rings. The molecular formula is C11H21N3O4. The molecular weight excluding hydrogens is 238 g/mol. The van der Waals surface area contributed by atoms with Gasteiger partial charge in [-0.3, -0.25) is 14.4 Å². The molecule has 0 aliphatic heterocycles. The fourth-order valence-corrected chi connectivity index (χ4v) is 1.46. The molecule has 0 saturated carbocycles. The van der Waals surface area contributed by atoms with E-state index < -0.39 is 5.97 Å². The Morgan fingerprint density at radius 1 is 1.28 bits per heavy atom. The summed E-state index contributed by atoms with van der Waals surface area (Å²) < 4.78 is 0. The van der Waals surface area contributed by atoms with Crippen molar-refractivity contribution in [3.8, 4) is 0 Å². The number of rotatable bonds is 11. The van der Waals surface area contributed by atoms with Crippen LogP contribution in [0, 0.1) is 0 Å². The van der Waals surface area contributed by atoms with Gasteiger partial charge in [0.15, 0.2) is 0 Å². The quantitative estimate of drug-likeness (QED) is 0.283. The molecule has 0 aromatic carbocycles. The summed E-state index contributed by atoms with van der Waals surface area (Å²) in [6, 6.07) is -0.324. The van der Waals surface area contributed by atoms with Crippen molar-refractivity contribution < 1.29 is 19.5 Å². The van der Waals surface area contributed by atoms with Gasteiger partial charge in [0.05, 0.1) is 12.5 Å². The number of carbonyl (C=O) groups excluding carboxylic acids is 2. The third kappa shape index (κ3) is 8.51. The van der Waals surface area contributed by atoms with Gasteiger partial charge in [-0.05, 0) is 26.3 Å². The molecule has 0 spiro atoms. The molecule has 0 saturated heterocycles. The molecule has 4 N–H and O–H groups in total. The molecule has 0 rings (SSSR count). The number of carbonyl (C=O) groups is 3. The number of hydrogen-bond acceptors (Lipinski definition) is 4. The number of amides is 2. The van der Waals surface area contributed by atoms with Gasteiger partial charge in [0, 0.05) is 13.1 Å². The van der Waals surface area contributed by atoms with Crippen molar-refractivity contribution in [3.05, 3.63) is 0 Å². The van der Waals surface area contributed by atoms with Crippen LogP contribution in [0.5, 0.6) is 0 Å². The van der Waals surface area contributed by atoms with Gasteiger partial charge in [-0.2, -0.15) is 0 Å². The minimum atomic E-state index is -0.934. The fraction of sp³-hybridized carbons (Fsp3) is 0.727. The number of nitrogens with one attached hydrogen (secondary N) is 3. The summed E-state index contributed by atoms with van der Waals surface area (Å²) in [4.78, 5) is 31.9. The van der Waals surface area contributed by atoms with Crippen LogP contribution in [-0.4, -0.2) is 49.6 Å². The Balaban J connectivity index is 3.74. The molecule has 18 heavy (non-hydrogen) atoms. The van der Waals surface area contributed by atoms with Gasteiger partial charge in [-0.25, -0.2) is 0 Å². The average molecular weight is 259 g/mol. The Morgan fingerprint density at radius 2 is 2.00 bits per heavy atom. The van der Waals surface area contributed by atoms with Gasteiger partial charge in [0.1, 0.15) is 0 Å². The number of likely N-dealkylation sites (N-methyl/N-ethyl adjacent to an activating group) is 1. The highest BCUT2D eigenvalue weighted by Crippen LogP contribution is 2.00. The Morgan fingerprint density at radius 3 is 2.56 bits per heavy atom. The Labute approximate surface area is 106 Å². The van der Waals surface area contributed by atoms with Gasteiger partial charge < -0.3 is 21.1 Å². The van der Waals surface area contributed by atoms with Crippen LogP contribution < -0.4 is 16.0 Å². The molecule has 7 heteroatoms. The molecule has 0 heterocycles. The zero-order valence-corrected chi connectivity index (χ0v) is 10.6. The van der Waals surface area contributed by atoms with E-state index in [9.17, 15) is 14.4 Å². The predicted octanol–water partition coefficient (Wildman–Crippen LogP) is -0.918. The van der Waals surface area contributed by atoms with Crippen LogP contribution in [0.3, 0.4) is 0 Å². The maximum atomic E-state index is 11.6. The largest absolute Gasteiger partial charge is 0.481 e. The molecule has 0 aromatic heterocycles. The zero-order valence-electron chi connectivity index (χ0n) is 10.6. The summed E-state index contributed by atoms with van der Waals surface area (Å²) >= 11 is 0. The van der Waals surface area contributed by atoms with Crippen molar-refractivity contribution in [1.82, 2.24) is 16.0 Å². The first kappa shape index (κ1) is 16.4. The Hall–Kier alpha value is -1.63. The summed E-state index contributed by atoms with van der Waals surface area (Å²) in [5.74, 6) is -1.13. The lowest BCUT2D eigenvalue weighted by Crippen LogP contribution is -2.43. The minimum absolute atomic E-state index is 0.0779. The number of aliphatic carboxylic acids is 1. The number of hydrogen-bond donors (Lipinski definition) is 4. The molecule has 2 amide bonds. The van der Waals surface area contributed by atoms with Crippen molar-refractivity contribution in [2.45, 2.75) is 31.7 Å². The molecule has 0 aliphatic carbocycles. The van der Waals surface area contributed by atoms with Gasteiger partial charge in [0.2, 0.25) is 12.3 Å². The third-order valence-corrected chi connectivity index (χ3v) is 2.45. The van der Waals surface area contributed by atoms with E-state index in [1.807, 2.05) is 0 Å². The highest BCUT2D eigenvalue weighted by Gasteiger charge is 2.15. The van der Waals surface area contributed by atoms with Crippen LogP contribution in [0.2, 0.25) is 0 Å². The van der Waals surface area contributed by atoms with Crippen molar-refractivity contribution >= 4 is 18.3 Å². The van der Waals surface area contributed by atoms with Crippen molar-refractivity contribution in [1.29, 1.82) is 0 Å². The molecule has 0 aromatic rings. The van der Waals surface area contributed by atoms with Crippen LogP contribution in [0.1, 0.15) is 25.7 Å². The molecule has 0 radical (unpaired) electrons. The van der Waals surface area contributed by atoms with Gasteiger partial charge >= 0.3 is 5.97 Å². The van der Waals surface area contributed by atoms with Crippen molar-refractivity contribution in [2.24, 2.45) is 0 Å². The summed E-state index contributed by atoms with van der Waals surface area (Å²) in [5, 5.41) is 16.4. The maximum Gasteiger partial charge on any atom is 0.305 e. The topological polar surface area (TPSA) is 108 Å².